The van der Waals surface area contributed by atoms with Crippen LogP contribution in [0.15, 0.2) is 58.5 Å². The highest BCUT2D eigenvalue weighted by atomic mass is 16.3. The number of aliphatic hydroxyl groups excluding tert-OH is 1. The summed E-state index contributed by atoms with van der Waals surface area (Å²) < 4.78 is 5.17. The van der Waals surface area contributed by atoms with E-state index in [4.69, 9.17) is 4.42 Å². The van der Waals surface area contributed by atoms with Crippen LogP contribution < -0.4 is 0 Å². The second-order valence-corrected chi connectivity index (χ2v) is 6.38. The van der Waals surface area contributed by atoms with Crippen LogP contribution in [0.3, 0.4) is 0 Å². The first-order chi connectivity index (χ1) is 12.5. The van der Waals surface area contributed by atoms with Crippen molar-refractivity contribution in [2.45, 2.75) is 12.5 Å². The Bertz CT molecular complexity index is 813. The molecule has 7 heteroatoms. The fraction of sp³-hybridized carbons (Fsp3) is 0.316. The van der Waals surface area contributed by atoms with E-state index in [0.717, 1.165) is 6.54 Å². The van der Waals surface area contributed by atoms with Gasteiger partial charge in [0.1, 0.15) is 6.04 Å². The van der Waals surface area contributed by atoms with Crippen molar-refractivity contribution in [1.82, 2.24) is 14.8 Å². The number of carbonyl (C=O) groups excluding carboxylic acids is 2. The maximum atomic E-state index is 12.8. The van der Waals surface area contributed by atoms with Gasteiger partial charge in [-0.05, 0) is 51.3 Å². The van der Waals surface area contributed by atoms with Crippen molar-refractivity contribution < 1.29 is 19.1 Å². The van der Waals surface area contributed by atoms with Gasteiger partial charge in [-0.3, -0.25) is 14.6 Å². The second-order valence-electron chi connectivity index (χ2n) is 6.38. The minimum absolute atomic E-state index is 0.00787. The Hall–Kier alpha value is -2.93. The number of hydrogen-bond donors (Lipinski definition) is 1. The molecule has 1 N–H and O–H groups in total. The van der Waals surface area contributed by atoms with Crippen molar-refractivity contribution in [3.05, 3.63) is 65.6 Å². The Morgan fingerprint density at radius 2 is 2.12 bits per heavy atom. The van der Waals surface area contributed by atoms with Gasteiger partial charge in [-0.1, -0.05) is 6.07 Å². The molecule has 1 aliphatic heterocycles. The molecule has 0 spiro atoms. The van der Waals surface area contributed by atoms with Crippen molar-refractivity contribution in [3.63, 3.8) is 0 Å². The van der Waals surface area contributed by atoms with E-state index in [9.17, 15) is 14.7 Å². The first-order valence-corrected chi connectivity index (χ1v) is 8.38. The zero-order valence-corrected chi connectivity index (χ0v) is 14.8. The van der Waals surface area contributed by atoms with Gasteiger partial charge in [-0.15, -0.1) is 0 Å². The van der Waals surface area contributed by atoms with Crippen LogP contribution in [-0.4, -0.2) is 58.8 Å². The molecule has 1 amide bonds. The third-order valence-corrected chi connectivity index (χ3v) is 4.27. The average molecular weight is 355 g/mol. The zero-order valence-electron chi connectivity index (χ0n) is 14.8. The lowest BCUT2D eigenvalue weighted by Gasteiger charge is -2.26. The van der Waals surface area contributed by atoms with Gasteiger partial charge in [0, 0.05) is 12.7 Å². The molecule has 3 rings (SSSR count). The molecule has 0 saturated heterocycles. The van der Waals surface area contributed by atoms with Gasteiger partial charge in [-0.25, -0.2) is 0 Å². The summed E-state index contributed by atoms with van der Waals surface area (Å²) in [7, 11) is 3.90. The Labute approximate surface area is 151 Å². The summed E-state index contributed by atoms with van der Waals surface area (Å²) in [6.07, 6.45) is 3.69. The number of furan rings is 1. The monoisotopic (exact) mass is 355 g/mol. The highest BCUT2D eigenvalue weighted by Gasteiger charge is 2.44. The van der Waals surface area contributed by atoms with Gasteiger partial charge in [-0.2, -0.15) is 0 Å². The number of carbonyl (C=O) groups is 2. The maximum absolute atomic E-state index is 12.8. The topological polar surface area (TPSA) is 86.9 Å². The number of Topliss-reactive ketones (excluding diaryl/α,β-unsaturated/α-hetero) is 1. The fourth-order valence-corrected chi connectivity index (χ4v) is 3.06. The molecule has 136 valence electrons. The number of rotatable bonds is 7. The van der Waals surface area contributed by atoms with E-state index in [-0.39, 0.29) is 11.3 Å². The number of pyridine rings is 1. The van der Waals surface area contributed by atoms with Crippen LogP contribution in [-0.2, 0) is 4.79 Å². The van der Waals surface area contributed by atoms with E-state index in [2.05, 4.69) is 4.98 Å². The van der Waals surface area contributed by atoms with Crippen molar-refractivity contribution in [2.75, 3.05) is 27.2 Å². The number of ketones is 1. The van der Waals surface area contributed by atoms with Gasteiger partial charge < -0.3 is 19.3 Å². The van der Waals surface area contributed by atoms with E-state index in [1.165, 1.54) is 17.2 Å². The van der Waals surface area contributed by atoms with Gasteiger partial charge in [0.25, 0.3) is 5.91 Å². The lowest BCUT2D eigenvalue weighted by molar-refractivity contribution is -0.129. The normalized spacial score (nSPS) is 17.4. The Morgan fingerprint density at radius 1 is 1.31 bits per heavy atom. The SMILES string of the molecule is CN(C)CCCN1C(=O)C(O)=C(C(=O)c2ccco2)[C@@H]1c1ccccn1. The quantitative estimate of drug-likeness (QED) is 0.766. The molecule has 26 heavy (non-hydrogen) atoms. The molecule has 0 fully saturated rings. The number of amides is 1. The summed E-state index contributed by atoms with van der Waals surface area (Å²) in [4.78, 5) is 33.3. The number of hydrogen-bond acceptors (Lipinski definition) is 6. The standard InChI is InChI=1S/C19H21N3O4/c1-21(2)10-6-11-22-16(13-7-3-4-9-20-13)15(18(24)19(22)25)17(23)14-8-5-12-26-14/h3-5,7-9,12,16,24H,6,10-11H2,1-2H3/t16-/m0/s1. The van der Waals surface area contributed by atoms with Crippen molar-refractivity contribution in [3.8, 4) is 0 Å². The van der Waals surface area contributed by atoms with Gasteiger partial charge in [0.05, 0.1) is 17.5 Å². The summed E-state index contributed by atoms with van der Waals surface area (Å²) in [5, 5.41) is 10.4. The van der Waals surface area contributed by atoms with Gasteiger partial charge in [0.2, 0.25) is 5.78 Å². The Kier molecular flexibility index (Phi) is 5.18. The van der Waals surface area contributed by atoms with Crippen molar-refractivity contribution in [1.29, 1.82) is 0 Å². The van der Waals surface area contributed by atoms with Crippen molar-refractivity contribution >= 4 is 11.7 Å². The van der Waals surface area contributed by atoms with Crippen LogP contribution in [0.1, 0.15) is 28.7 Å². The molecule has 0 saturated carbocycles. The van der Waals surface area contributed by atoms with E-state index in [1.807, 2.05) is 19.0 Å². The molecule has 1 aliphatic rings. The van der Waals surface area contributed by atoms with Crippen LogP contribution in [0.2, 0.25) is 0 Å². The lowest BCUT2D eigenvalue weighted by Crippen LogP contribution is -2.33. The van der Waals surface area contributed by atoms with Crippen LogP contribution in [0.25, 0.3) is 0 Å². The Morgan fingerprint density at radius 3 is 2.73 bits per heavy atom. The zero-order chi connectivity index (χ0) is 18.7. The molecule has 0 radical (unpaired) electrons. The number of aliphatic hydroxyl groups is 1. The largest absolute Gasteiger partial charge is 0.503 e. The molecule has 0 aliphatic carbocycles. The molecule has 0 aromatic carbocycles. The Balaban J connectivity index is 1.97. The van der Waals surface area contributed by atoms with E-state index >= 15 is 0 Å². The average Bonchev–Trinajstić information content (AvgIpc) is 3.24. The first-order valence-electron chi connectivity index (χ1n) is 8.38. The molecule has 7 nitrogen and oxygen atoms in total. The number of nitrogens with zero attached hydrogens (tertiary/aromatic N) is 3. The summed E-state index contributed by atoms with van der Waals surface area (Å²) in [6, 6.07) is 7.65. The third kappa shape index (κ3) is 3.39. The molecule has 0 bridgehead atoms. The van der Waals surface area contributed by atoms with Crippen LogP contribution >= 0.6 is 0 Å². The summed E-state index contributed by atoms with van der Waals surface area (Å²) in [6.45, 7) is 1.18. The fourth-order valence-electron chi connectivity index (χ4n) is 3.06. The van der Waals surface area contributed by atoms with Crippen LogP contribution in [0, 0.1) is 0 Å². The molecule has 3 heterocycles. The van der Waals surface area contributed by atoms with E-state index < -0.39 is 23.5 Å². The molecule has 2 aromatic heterocycles. The molecular weight excluding hydrogens is 334 g/mol. The molecule has 1 atom stereocenters. The van der Waals surface area contributed by atoms with Gasteiger partial charge in [0.15, 0.2) is 11.5 Å². The van der Waals surface area contributed by atoms with Crippen LogP contribution in [0.5, 0.6) is 0 Å². The predicted octanol–water partition coefficient (Wildman–Crippen LogP) is 2.20. The predicted molar refractivity (Wildman–Crippen MR) is 94.6 cm³/mol. The van der Waals surface area contributed by atoms with E-state index in [0.29, 0.717) is 18.7 Å². The smallest absolute Gasteiger partial charge is 0.290 e. The first kappa shape index (κ1) is 17.9. The summed E-state index contributed by atoms with van der Waals surface area (Å²) in [5.41, 5.74) is 0.540. The molecule has 0 unspecified atom stereocenters. The lowest BCUT2D eigenvalue weighted by atomic mass is 9.98. The summed E-state index contributed by atoms with van der Waals surface area (Å²) >= 11 is 0. The highest BCUT2D eigenvalue weighted by Crippen LogP contribution is 2.38. The molecular formula is C19H21N3O4. The minimum atomic E-state index is -0.733. The maximum Gasteiger partial charge on any atom is 0.290 e. The minimum Gasteiger partial charge on any atom is -0.503 e. The third-order valence-electron chi connectivity index (χ3n) is 4.27. The summed E-state index contributed by atoms with van der Waals surface area (Å²) in [5.74, 6) is -1.52. The van der Waals surface area contributed by atoms with E-state index in [1.54, 1.807) is 30.5 Å². The van der Waals surface area contributed by atoms with Gasteiger partial charge >= 0.3 is 0 Å². The number of aromatic nitrogens is 1. The van der Waals surface area contributed by atoms with Crippen LogP contribution in [0.4, 0.5) is 0 Å². The second kappa shape index (κ2) is 7.53. The van der Waals surface area contributed by atoms with Crippen molar-refractivity contribution in [2.24, 2.45) is 0 Å². The highest BCUT2D eigenvalue weighted by molar-refractivity contribution is 6.14. The molecule has 2 aromatic rings.